The van der Waals surface area contributed by atoms with E-state index in [2.05, 4.69) is 36.0 Å². The van der Waals surface area contributed by atoms with Crippen LogP contribution >= 0.6 is 0 Å². The maximum Gasteiger partial charge on any atom is 0.249 e. The minimum atomic E-state index is -0.00254. The summed E-state index contributed by atoms with van der Waals surface area (Å²) in [5.41, 5.74) is 1.56. The van der Waals surface area contributed by atoms with Crippen LogP contribution < -0.4 is 0 Å². The smallest absolute Gasteiger partial charge is 0.249 e. The van der Waals surface area contributed by atoms with Crippen LogP contribution in [-0.4, -0.2) is 49.7 Å². The van der Waals surface area contributed by atoms with Crippen molar-refractivity contribution in [1.82, 2.24) is 24.8 Å². The molecule has 8 nitrogen and oxygen atoms in total. The zero-order valence-electron chi connectivity index (χ0n) is 18.9. The van der Waals surface area contributed by atoms with Gasteiger partial charge >= 0.3 is 0 Å². The highest BCUT2D eigenvalue weighted by atomic mass is 16.5. The van der Waals surface area contributed by atoms with Crippen LogP contribution in [0.1, 0.15) is 69.5 Å². The van der Waals surface area contributed by atoms with Crippen molar-refractivity contribution in [3.8, 4) is 11.4 Å². The van der Waals surface area contributed by atoms with Gasteiger partial charge in [-0.25, -0.2) is 4.68 Å². The average molecular weight is 436 g/mol. The van der Waals surface area contributed by atoms with Gasteiger partial charge in [-0.2, -0.15) is 10.1 Å². The molecule has 5 rings (SSSR count). The Labute approximate surface area is 187 Å². The number of nitrogens with zero attached hydrogens (tertiary/aromatic N) is 5. The maximum absolute atomic E-state index is 12.5. The van der Waals surface area contributed by atoms with Gasteiger partial charge in [0, 0.05) is 48.5 Å². The van der Waals surface area contributed by atoms with Crippen molar-refractivity contribution >= 4 is 22.7 Å². The molecule has 2 aliphatic rings. The molecule has 8 heteroatoms. The first-order valence-corrected chi connectivity index (χ1v) is 11.4. The Balaban J connectivity index is 1.26. The van der Waals surface area contributed by atoms with Gasteiger partial charge in [-0.05, 0) is 37.2 Å². The van der Waals surface area contributed by atoms with E-state index in [-0.39, 0.29) is 29.1 Å². The molecule has 0 unspecified atom stereocenters. The van der Waals surface area contributed by atoms with Gasteiger partial charge < -0.3 is 9.42 Å². The highest BCUT2D eigenvalue weighted by Gasteiger charge is 2.32. The molecule has 1 aliphatic heterocycles. The van der Waals surface area contributed by atoms with E-state index < -0.39 is 0 Å². The monoisotopic (exact) mass is 435 g/mol. The number of aromatic nitrogens is 4. The zero-order chi connectivity index (χ0) is 22.5. The first-order chi connectivity index (χ1) is 15.3. The number of rotatable bonds is 4. The van der Waals surface area contributed by atoms with Crippen LogP contribution in [0.4, 0.5) is 0 Å². The van der Waals surface area contributed by atoms with Crippen molar-refractivity contribution in [2.45, 2.75) is 58.8 Å². The molecule has 0 spiro atoms. The summed E-state index contributed by atoms with van der Waals surface area (Å²) in [5, 5.41) is 9.55. The van der Waals surface area contributed by atoms with Gasteiger partial charge in [-0.1, -0.05) is 38.1 Å². The second-order valence-electron chi connectivity index (χ2n) is 10.3. The third-order valence-corrected chi connectivity index (χ3v) is 6.24. The third kappa shape index (κ3) is 4.31. The van der Waals surface area contributed by atoms with Gasteiger partial charge in [-0.15, -0.1) is 0 Å². The van der Waals surface area contributed by atoms with Crippen LogP contribution in [0.15, 0.2) is 28.9 Å². The number of benzene rings is 1. The van der Waals surface area contributed by atoms with Crippen molar-refractivity contribution in [2.75, 3.05) is 13.1 Å². The number of hydrogen-bond acceptors (Lipinski definition) is 6. The molecule has 1 saturated heterocycles. The minimum absolute atomic E-state index is 0.00254. The van der Waals surface area contributed by atoms with E-state index in [1.54, 1.807) is 6.20 Å². The second-order valence-corrected chi connectivity index (χ2v) is 10.3. The summed E-state index contributed by atoms with van der Waals surface area (Å²) in [6, 6.07) is 5.76. The molecule has 32 heavy (non-hydrogen) atoms. The van der Waals surface area contributed by atoms with Gasteiger partial charge in [0.05, 0.1) is 5.52 Å². The fraction of sp³-hybridized carbons (Fsp3) is 0.542. The van der Waals surface area contributed by atoms with Crippen LogP contribution in [0.25, 0.3) is 22.3 Å². The summed E-state index contributed by atoms with van der Waals surface area (Å²) >= 11 is 0. The number of fused-ring (bicyclic) bond motifs is 1. The topological polar surface area (TPSA) is 94.1 Å². The summed E-state index contributed by atoms with van der Waals surface area (Å²) in [4.78, 5) is 31.4. The van der Waals surface area contributed by atoms with E-state index in [0.29, 0.717) is 18.1 Å². The number of carbonyl (C=O) groups excluding carboxylic acids is 2. The molecule has 1 aliphatic carbocycles. The lowest BCUT2D eigenvalue weighted by atomic mass is 9.90. The SMILES string of the molecule is CC(C)(C)CC(=O)N1CCC(c2nc(-c3ccc4cn(C(=O)C5CC5)nc4c3)no2)CC1. The quantitative estimate of drug-likeness (QED) is 0.607. The van der Waals surface area contributed by atoms with Crippen molar-refractivity contribution in [3.63, 3.8) is 0 Å². The highest BCUT2D eigenvalue weighted by molar-refractivity contribution is 5.89. The summed E-state index contributed by atoms with van der Waals surface area (Å²) in [7, 11) is 0. The van der Waals surface area contributed by atoms with Gasteiger partial charge in [-0.3, -0.25) is 9.59 Å². The standard InChI is InChI=1S/C24H29N5O3/c1-24(2,3)13-20(30)28-10-8-15(9-11-28)22-25-21(27-32-22)17-6-7-18-14-29(26-19(18)12-17)23(31)16-4-5-16/h6-7,12,14-16H,4-5,8-11,13H2,1-3H3. The van der Waals surface area contributed by atoms with E-state index in [4.69, 9.17) is 4.52 Å². The molecule has 1 amide bonds. The van der Waals surface area contributed by atoms with Gasteiger partial charge in [0.1, 0.15) is 0 Å². The molecular weight excluding hydrogens is 406 g/mol. The first kappa shape index (κ1) is 20.8. The predicted octanol–water partition coefficient (Wildman–Crippen LogP) is 4.28. The van der Waals surface area contributed by atoms with Crippen LogP contribution in [0.2, 0.25) is 0 Å². The van der Waals surface area contributed by atoms with Crippen molar-refractivity contribution < 1.29 is 14.1 Å². The van der Waals surface area contributed by atoms with Crippen molar-refractivity contribution in [2.24, 2.45) is 11.3 Å². The molecule has 3 aromatic rings. The average Bonchev–Trinajstić information content (AvgIpc) is 3.32. The van der Waals surface area contributed by atoms with Crippen LogP contribution in [0, 0.1) is 11.3 Å². The Kier molecular flexibility index (Phi) is 5.10. The lowest BCUT2D eigenvalue weighted by molar-refractivity contribution is -0.134. The van der Waals surface area contributed by atoms with Gasteiger partial charge in [0.2, 0.25) is 23.5 Å². The van der Waals surface area contributed by atoms with E-state index in [9.17, 15) is 9.59 Å². The fourth-order valence-electron chi connectivity index (χ4n) is 4.25. The number of likely N-dealkylation sites (tertiary alicyclic amines) is 1. The predicted molar refractivity (Wildman–Crippen MR) is 119 cm³/mol. The Bertz CT molecular complexity index is 1160. The molecule has 0 N–H and O–H groups in total. The fourth-order valence-corrected chi connectivity index (χ4v) is 4.25. The molecule has 1 saturated carbocycles. The normalized spacial score (nSPS) is 17.8. The van der Waals surface area contributed by atoms with Gasteiger partial charge in [0.25, 0.3) is 0 Å². The highest BCUT2D eigenvalue weighted by Crippen LogP contribution is 2.32. The van der Waals surface area contributed by atoms with E-state index in [0.717, 1.165) is 55.2 Å². The number of piperidine rings is 1. The first-order valence-electron chi connectivity index (χ1n) is 11.4. The largest absolute Gasteiger partial charge is 0.343 e. The molecule has 2 aromatic heterocycles. The molecule has 0 radical (unpaired) electrons. The van der Waals surface area contributed by atoms with E-state index in [1.165, 1.54) is 4.68 Å². The zero-order valence-corrected chi connectivity index (χ0v) is 18.9. The molecule has 1 aromatic carbocycles. The Morgan fingerprint density at radius 2 is 1.88 bits per heavy atom. The minimum Gasteiger partial charge on any atom is -0.343 e. The van der Waals surface area contributed by atoms with E-state index >= 15 is 0 Å². The number of carbonyl (C=O) groups is 2. The van der Waals surface area contributed by atoms with Crippen LogP contribution in [0.5, 0.6) is 0 Å². The number of hydrogen-bond donors (Lipinski definition) is 0. The Morgan fingerprint density at radius 1 is 1.12 bits per heavy atom. The molecular formula is C24H29N5O3. The summed E-state index contributed by atoms with van der Waals surface area (Å²) in [6.07, 6.45) is 5.91. The Hall–Kier alpha value is -3.03. The lowest BCUT2D eigenvalue weighted by Gasteiger charge is -2.32. The molecule has 0 atom stereocenters. The number of amides is 1. The maximum atomic E-state index is 12.5. The summed E-state index contributed by atoms with van der Waals surface area (Å²) < 4.78 is 7.05. The molecule has 168 valence electrons. The lowest BCUT2D eigenvalue weighted by Crippen LogP contribution is -2.39. The molecule has 2 fully saturated rings. The second kappa shape index (κ2) is 7.83. The van der Waals surface area contributed by atoms with E-state index in [1.807, 2.05) is 23.1 Å². The van der Waals surface area contributed by atoms with Crippen LogP contribution in [0.3, 0.4) is 0 Å². The van der Waals surface area contributed by atoms with Crippen molar-refractivity contribution in [1.29, 1.82) is 0 Å². The van der Waals surface area contributed by atoms with Gasteiger partial charge in [0.15, 0.2) is 0 Å². The summed E-state index contributed by atoms with van der Waals surface area (Å²) in [5.74, 6) is 1.72. The third-order valence-electron chi connectivity index (χ3n) is 6.24. The van der Waals surface area contributed by atoms with Crippen LogP contribution in [-0.2, 0) is 4.79 Å². The molecule has 3 heterocycles. The summed E-state index contributed by atoms with van der Waals surface area (Å²) in [6.45, 7) is 7.70. The van der Waals surface area contributed by atoms with Crippen molar-refractivity contribution in [3.05, 3.63) is 30.3 Å². The Morgan fingerprint density at radius 3 is 2.56 bits per heavy atom. The molecule has 0 bridgehead atoms.